The molecule has 1 aliphatic carbocycles. The molecule has 0 amide bonds. The van der Waals surface area contributed by atoms with Crippen LogP contribution in [0.3, 0.4) is 0 Å². The number of anilines is 1. The molecule has 0 aromatic heterocycles. The summed E-state index contributed by atoms with van der Waals surface area (Å²) in [6.07, 6.45) is 7.58. The van der Waals surface area contributed by atoms with Gasteiger partial charge in [-0.15, -0.1) is 0 Å². The van der Waals surface area contributed by atoms with Crippen molar-refractivity contribution in [3.8, 4) is 0 Å². The summed E-state index contributed by atoms with van der Waals surface area (Å²) in [7, 11) is 0. The van der Waals surface area contributed by atoms with Gasteiger partial charge in [0.05, 0.1) is 0 Å². The Labute approximate surface area is 121 Å². The van der Waals surface area contributed by atoms with Gasteiger partial charge in [-0.2, -0.15) is 0 Å². The molecule has 2 rings (SSSR count). The van der Waals surface area contributed by atoms with E-state index in [-0.39, 0.29) is 5.41 Å². The highest BCUT2D eigenvalue weighted by molar-refractivity contribution is 5.88. The van der Waals surface area contributed by atoms with Crippen LogP contribution in [0.4, 0.5) is 5.69 Å². The van der Waals surface area contributed by atoms with Crippen molar-refractivity contribution in [1.29, 1.82) is 5.41 Å². The van der Waals surface area contributed by atoms with Gasteiger partial charge in [0.15, 0.2) is 0 Å². The van der Waals surface area contributed by atoms with Crippen molar-refractivity contribution in [3.05, 3.63) is 41.1 Å². The van der Waals surface area contributed by atoms with Crippen LogP contribution in [0.2, 0.25) is 0 Å². The second-order valence-corrected chi connectivity index (χ2v) is 5.76. The number of nitrogens with two attached hydrogens (primary N) is 2. The normalized spacial score (nSPS) is 28.5. The lowest BCUT2D eigenvalue weighted by Crippen LogP contribution is -2.39. The molecule has 0 heterocycles. The van der Waals surface area contributed by atoms with Crippen LogP contribution in [0.5, 0.6) is 0 Å². The quantitative estimate of drug-likeness (QED) is 0.580. The third kappa shape index (κ3) is 2.01. The molecular formula is C17H25N3. The Morgan fingerprint density at radius 2 is 2.20 bits per heavy atom. The van der Waals surface area contributed by atoms with Crippen LogP contribution in [0, 0.1) is 11.3 Å². The zero-order valence-corrected chi connectivity index (χ0v) is 12.4. The molecule has 2 atom stereocenters. The Hall–Kier alpha value is -1.77. The summed E-state index contributed by atoms with van der Waals surface area (Å²) in [4.78, 5) is 0. The molecule has 1 aromatic carbocycles. The van der Waals surface area contributed by atoms with Crippen LogP contribution in [-0.2, 0) is 5.41 Å². The second-order valence-electron chi connectivity index (χ2n) is 5.76. The SMILES string of the molecule is CCC1(c2cccc(N)c2C=N)/C(=C/N)CCCC1C. The smallest absolute Gasteiger partial charge is 0.0406 e. The number of allylic oxidation sites excluding steroid dienone is 1. The van der Waals surface area contributed by atoms with E-state index >= 15 is 0 Å². The van der Waals surface area contributed by atoms with Crippen molar-refractivity contribution in [2.75, 3.05) is 5.73 Å². The average Bonchev–Trinajstić information content (AvgIpc) is 2.47. The standard InChI is InChI=1S/C17H25N3/c1-3-17(12(2)6-4-7-13(17)10-18)15-8-5-9-16(20)14(15)11-19/h5,8-12,19H,3-4,6-7,18,20H2,1-2H3/b13-10+,19-11?. The van der Waals surface area contributed by atoms with Crippen molar-refractivity contribution < 1.29 is 0 Å². The Bertz CT molecular complexity index is 533. The van der Waals surface area contributed by atoms with E-state index in [1.165, 1.54) is 30.2 Å². The Morgan fingerprint density at radius 1 is 1.45 bits per heavy atom. The van der Waals surface area contributed by atoms with Gasteiger partial charge in [-0.3, -0.25) is 0 Å². The van der Waals surface area contributed by atoms with Gasteiger partial charge < -0.3 is 16.9 Å². The van der Waals surface area contributed by atoms with E-state index < -0.39 is 0 Å². The second kappa shape index (κ2) is 5.70. The molecule has 0 aliphatic heterocycles. The number of rotatable bonds is 3. The van der Waals surface area contributed by atoms with Crippen LogP contribution >= 0.6 is 0 Å². The predicted octanol–water partition coefficient (Wildman–Crippen LogP) is 3.58. The molecule has 5 N–H and O–H groups in total. The Balaban J connectivity index is 2.72. The number of hydrogen-bond donors (Lipinski definition) is 3. The lowest BCUT2D eigenvalue weighted by atomic mass is 9.58. The van der Waals surface area contributed by atoms with E-state index in [0.717, 1.165) is 18.4 Å². The first-order valence-corrected chi connectivity index (χ1v) is 7.42. The van der Waals surface area contributed by atoms with E-state index in [2.05, 4.69) is 19.9 Å². The van der Waals surface area contributed by atoms with Gasteiger partial charge >= 0.3 is 0 Å². The topological polar surface area (TPSA) is 75.9 Å². The number of hydrogen-bond acceptors (Lipinski definition) is 3. The molecule has 2 unspecified atom stereocenters. The van der Waals surface area contributed by atoms with Gasteiger partial charge in [-0.1, -0.05) is 26.0 Å². The van der Waals surface area contributed by atoms with Crippen molar-refractivity contribution in [2.24, 2.45) is 11.7 Å². The van der Waals surface area contributed by atoms with E-state index in [0.29, 0.717) is 11.6 Å². The van der Waals surface area contributed by atoms with Gasteiger partial charge in [0.25, 0.3) is 0 Å². The molecule has 3 heteroatoms. The highest BCUT2D eigenvalue weighted by atomic mass is 14.6. The van der Waals surface area contributed by atoms with Gasteiger partial charge in [0, 0.05) is 22.9 Å². The van der Waals surface area contributed by atoms with Crippen LogP contribution in [0.15, 0.2) is 30.0 Å². The first-order valence-electron chi connectivity index (χ1n) is 7.42. The lowest BCUT2D eigenvalue weighted by Gasteiger charge is -2.45. The first-order chi connectivity index (χ1) is 9.61. The minimum atomic E-state index is -0.0741. The number of nitrogen functional groups attached to an aromatic ring is 1. The summed E-state index contributed by atoms with van der Waals surface area (Å²) >= 11 is 0. The molecule has 1 aliphatic rings. The molecule has 1 aromatic rings. The van der Waals surface area contributed by atoms with E-state index in [4.69, 9.17) is 16.9 Å². The predicted molar refractivity (Wildman–Crippen MR) is 86.0 cm³/mol. The highest BCUT2D eigenvalue weighted by Crippen LogP contribution is 2.50. The molecule has 0 radical (unpaired) electrons. The summed E-state index contributed by atoms with van der Waals surface area (Å²) in [5, 5.41) is 7.74. The van der Waals surface area contributed by atoms with Crippen LogP contribution in [0.25, 0.3) is 0 Å². The molecule has 108 valence electrons. The molecular weight excluding hydrogens is 246 g/mol. The summed E-state index contributed by atoms with van der Waals surface area (Å²) in [6.45, 7) is 4.51. The van der Waals surface area contributed by atoms with Gasteiger partial charge in [-0.05, 0) is 55.0 Å². The molecule has 20 heavy (non-hydrogen) atoms. The summed E-state index contributed by atoms with van der Waals surface area (Å²) in [5.74, 6) is 0.511. The van der Waals surface area contributed by atoms with E-state index in [1.54, 1.807) is 6.20 Å². The van der Waals surface area contributed by atoms with Crippen molar-refractivity contribution in [1.82, 2.24) is 0 Å². The monoisotopic (exact) mass is 271 g/mol. The zero-order valence-electron chi connectivity index (χ0n) is 12.4. The molecule has 0 saturated heterocycles. The largest absolute Gasteiger partial charge is 0.405 e. The fourth-order valence-corrected chi connectivity index (χ4v) is 3.95. The molecule has 1 saturated carbocycles. The number of benzene rings is 1. The summed E-state index contributed by atoms with van der Waals surface area (Å²) in [5.41, 5.74) is 15.9. The van der Waals surface area contributed by atoms with Crippen LogP contribution in [0.1, 0.15) is 50.7 Å². The summed E-state index contributed by atoms with van der Waals surface area (Å²) < 4.78 is 0. The fourth-order valence-electron chi connectivity index (χ4n) is 3.95. The maximum atomic E-state index is 7.74. The van der Waals surface area contributed by atoms with Crippen LogP contribution in [-0.4, -0.2) is 6.21 Å². The highest BCUT2D eigenvalue weighted by Gasteiger charge is 2.43. The molecule has 3 nitrogen and oxygen atoms in total. The maximum Gasteiger partial charge on any atom is 0.0406 e. The van der Waals surface area contributed by atoms with E-state index in [1.807, 2.05) is 12.1 Å². The van der Waals surface area contributed by atoms with Crippen molar-refractivity contribution >= 4 is 11.9 Å². The maximum absolute atomic E-state index is 7.74. The lowest BCUT2D eigenvalue weighted by molar-refractivity contribution is 0.261. The van der Waals surface area contributed by atoms with Gasteiger partial charge in [0.2, 0.25) is 0 Å². The third-order valence-corrected chi connectivity index (χ3v) is 5.02. The third-order valence-electron chi connectivity index (χ3n) is 5.02. The average molecular weight is 271 g/mol. The van der Waals surface area contributed by atoms with Crippen molar-refractivity contribution in [3.63, 3.8) is 0 Å². The zero-order chi connectivity index (χ0) is 14.8. The molecule has 0 bridgehead atoms. The first kappa shape index (κ1) is 14.6. The van der Waals surface area contributed by atoms with Gasteiger partial charge in [0.1, 0.15) is 0 Å². The molecule has 1 fully saturated rings. The van der Waals surface area contributed by atoms with Crippen LogP contribution < -0.4 is 11.5 Å². The van der Waals surface area contributed by atoms with Crippen molar-refractivity contribution in [2.45, 2.75) is 44.9 Å². The minimum absolute atomic E-state index is 0.0741. The minimum Gasteiger partial charge on any atom is -0.405 e. The Kier molecular flexibility index (Phi) is 4.17. The molecule has 0 spiro atoms. The number of nitrogens with one attached hydrogen (secondary N) is 1. The van der Waals surface area contributed by atoms with E-state index in [9.17, 15) is 0 Å². The van der Waals surface area contributed by atoms with Gasteiger partial charge in [-0.25, -0.2) is 0 Å². The summed E-state index contributed by atoms with van der Waals surface area (Å²) in [6, 6.07) is 5.97. The fraction of sp³-hybridized carbons (Fsp3) is 0.471. The Morgan fingerprint density at radius 3 is 2.80 bits per heavy atom.